The Morgan fingerprint density at radius 3 is 2.94 bits per heavy atom. The fraction of sp³-hybridized carbons (Fsp3) is 0.500. The highest BCUT2D eigenvalue weighted by Gasteiger charge is 2.24. The highest BCUT2D eigenvalue weighted by atomic mass is 32.2. The highest BCUT2D eigenvalue weighted by molar-refractivity contribution is 7.98. The van der Waals surface area contributed by atoms with Gasteiger partial charge in [-0.05, 0) is 38.2 Å². The quantitative estimate of drug-likeness (QED) is 0.851. The van der Waals surface area contributed by atoms with Gasteiger partial charge < -0.3 is 10.1 Å². The number of ether oxygens (including phenoxy) is 1. The van der Waals surface area contributed by atoms with Gasteiger partial charge >= 0.3 is 0 Å². The molecule has 1 fully saturated rings. The summed E-state index contributed by atoms with van der Waals surface area (Å²) in [5, 5.41) is 3.04. The maximum absolute atomic E-state index is 12.2. The van der Waals surface area contributed by atoms with Crippen molar-refractivity contribution in [1.82, 2.24) is 5.32 Å². The second-order valence-corrected chi connectivity index (χ2v) is 5.36. The van der Waals surface area contributed by atoms with Crippen molar-refractivity contribution >= 4 is 17.7 Å². The van der Waals surface area contributed by atoms with E-state index in [1.54, 1.807) is 11.8 Å². The van der Waals surface area contributed by atoms with Gasteiger partial charge in [-0.15, -0.1) is 11.8 Å². The van der Waals surface area contributed by atoms with Crippen LogP contribution in [0.3, 0.4) is 0 Å². The molecule has 2 rings (SSSR count). The minimum Gasteiger partial charge on any atom is -0.376 e. The second kappa shape index (κ2) is 6.25. The zero-order chi connectivity index (χ0) is 13.0. The fourth-order valence-corrected chi connectivity index (χ4v) is 2.80. The lowest BCUT2D eigenvalue weighted by Crippen LogP contribution is -2.41. The molecule has 3 nitrogen and oxygen atoms in total. The number of carbonyl (C=O) groups is 1. The molecule has 1 aliphatic heterocycles. The van der Waals surface area contributed by atoms with Crippen molar-refractivity contribution < 1.29 is 9.53 Å². The molecule has 1 aliphatic rings. The van der Waals surface area contributed by atoms with Gasteiger partial charge in [-0.25, -0.2) is 0 Å². The molecule has 0 aliphatic carbocycles. The Kier molecular flexibility index (Phi) is 4.66. The highest BCUT2D eigenvalue weighted by Crippen LogP contribution is 2.21. The summed E-state index contributed by atoms with van der Waals surface area (Å²) in [4.78, 5) is 13.2. The molecule has 2 atom stereocenters. The lowest BCUT2D eigenvalue weighted by atomic mass is 10.1. The van der Waals surface area contributed by atoms with Gasteiger partial charge in [-0.3, -0.25) is 4.79 Å². The Hall–Kier alpha value is -1.00. The molecule has 0 aromatic heterocycles. The summed E-state index contributed by atoms with van der Waals surface area (Å²) < 4.78 is 5.59. The zero-order valence-electron chi connectivity index (χ0n) is 10.8. The number of amides is 1. The summed E-state index contributed by atoms with van der Waals surface area (Å²) >= 11 is 1.59. The van der Waals surface area contributed by atoms with Crippen molar-refractivity contribution in [2.45, 2.75) is 36.8 Å². The van der Waals surface area contributed by atoms with E-state index in [2.05, 4.69) is 5.32 Å². The van der Waals surface area contributed by atoms with Crippen LogP contribution in [-0.4, -0.2) is 30.9 Å². The van der Waals surface area contributed by atoms with Crippen molar-refractivity contribution in [3.63, 3.8) is 0 Å². The number of hydrogen-bond acceptors (Lipinski definition) is 3. The van der Waals surface area contributed by atoms with Crippen LogP contribution in [-0.2, 0) is 4.74 Å². The summed E-state index contributed by atoms with van der Waals surface area (Å²) in [5.74, 6) is -0.0112. The lowest BCUT2D eigenvalue weighted by molar-refractivity contribution is 0.0710. The molecule has 4 heteroatoms. The van der Waals surface area contributed by atoms with Crippen LogP contribution in [0.25, 0.3) is 0 Å². The largest absolute Gasteiger partial charge is 0.376 e. The molecule has 1 heterocycles. The van der Waals surface area contributed by atoms with Crippen LogP contribution in [0, 0.1) is 0 Å². The van der Waals surface area contributed by atoms with Crippen LogP contribution in [0.2, 0.25) is 0 Å². The van der Waals surface area contributed by atoms with E-state index < -0.39 is 0 Å². The molecule has 0 bridgehead atoms. The molecule has 18 heavy (non-hydrogen) atoms. The Balaban J connectivity index is 2.02. The second-order valence-electron chi connectivity index (χ2n) is 4.51. The molecular formula is C14H19NO2S. The number of thioether (sulfide) groups is 1. The smallest absolute Gasteiger partial charge is 0.252 e. The average molecular weight is 265 g/mol. The first-order valence-corrected chi connectivity index (χ1v) is 7.50. The summed E-state index contributed by atoms with van der Waals surface area (Å²) in [7, 11) is 0. The van der Waals surface area contributed by atoms with E-state index in [9.17, 15) is 4.79 Å². The van der Waals surface area contributed by atoms with Crippen LogP contribution in [0.4, 0.5) is 0 Å². The van der Waals surface area contributed by atoms with Gasteiger partial charge in [-0.1, -0.05) is 12.1 Å². The molecule has 1 N–H and O–H groups in total. The predicted octanol–water partition coefficient (Wildman–Crippen LogP) is 2.71. The number of hydrogen-bond donors (Lipinski definition) is 1. The third-order valence-corrected chi connectivity index (χ3v) is 4.03. The third kappa shape index (κ3) is 3.06. The van der Waals surface area contributed by atoms with E-state index in [0.29, 0.717) is 0 Å². The van der Waals surface area contributed by atoms with Gasteiger partial charge in [-0.2, -0.15) is 0 Å². The summed E-state index contributed by atoms with van der Waals surface area (Å²) in [6.45, 7) is 2.82. The Labute approximate surface area is 112 Å². The van der Waals surface area contributed by atoms with Crippen molar-refractivity contribution in [3.8, 4) is 0 Å². The molecule has 98 valence electrons. The maximum Gasteiger partial charge on any atom is 0.252 e. The minimum atomic E-state index is -0.0112. The molecule has 0 saturated carbocycles. The standard InChI is InChI=1S/C14H19NO2S/c1-10(12-7-5-9-17-12)15-14(16)11-6-3-4-8-13(11)18-2/h3-4,6,8,10,12H,5,7,9H2,1-2H3,(H,15,16)/t10-,12-/m0/s1. The molecule has 1 amide bonds. The van der Waals surface area contributed by atoms with Crippen molar-refractivity contribution in [1.29, 1.82) is 0 Å². The van der Waals surface area contributed by atoms with Gasteiger partial charge in [0, 0.05) is 11.5 Å². The normalized spacial score (nSPS) is 20.7. The third-order valence-electron chi connectivity index (χ3n) is 3.23. The van der Waals surface area contributed by atoms with Gasteiger partial charge in [0.1, 0.15) is 0 Å². The van der Waals surface area contributed by atoms with E-state index >= 15 is 0 Å². The fourth-order valence-electron chi connectivity index (χ4n) is 2.21. The SMILES string of the molecule is CSc1ccccc1C(=O)N[C@@H](C)[C@@H]1CCCO1. The molecule has 1 aromatic carbocycles. The zero-order valence-corrected chi connectivity index (χ0v) is 11.6. The Bertz CT molecular complexity index is 416. The maximum atomic E-state index is 12.2. The van der Waals surface area contributed by atoms with Crippen molar-refractivity contribution in [2.75, 3.05) is 12.9 Å². The van der Waals surface area contributed by atoms with Gasteiger partial charge in [0.25, 0.3) is 5.91 Å². The lowest BCUT2D eigenvalue weighted by Gasteiger charge is -2.20. The first-order chi connectivity index (χ1) is 8.72. The monoisotopic (exact) mass is 265 g/mol. The van der Waals surface area contributed by atoms with E-state index in [1.807, 2.05) is 37.4 Å². The van der Waals surface area contributed by atoms with Crippen molar-refractivity contribution in [3.05, 3.63) is 29.8 Å². The Morgan fingerprint density at radius 2 is 2.28 bits per heavy atom. The predicted molar refractivity (Wildman–Crippen MR) is 74.1 cm³/mol. The van der Waals surface area contributed by atoms with Crippen LogP contribution in [0.15, 0.2) is 29.2 Å². The van der Waals surface area contributed by atoms with E-state index in [-0.39, 0.29) is 18.1 Å². The first kappa shape index (κ1) is 13.4. The van der Waals surface area contributed by atoms with E-state index in [1.165, 1.54) is 0 Å². The van der Waals surface area contributed by atoms with Crippen LogP contribution >= 0.6 is 11.8 Å². The average Bonchev–Trinajstić information content (AvgIpc) is 2.92. The molecule has 1 aromatic rings. The molecule has 1 saturated heterocycles. The molecule has 0 radical (unpaired) electrons. The van der Waals surface area contributed by atoms with Gasteiger partial charge in [0.05, 0.1) is 17.7 Å². The summed E-state index contributed by atoms with van der Waals surface area (Å²) in [6, 6.07) is 7.74. The molecule has 0 unspecified atom stereocenters. The van der Waals surface area contributed by atoms with Crippen LogP contribution < -0.4 is 5.32 Å². The first-order valence-electron chi connectivity index (χ1n) is 6.28. The van der Waals surface area contributed by atoms with Crippen LogP contribution in [0.1, 0.15) is 30.1 Å². The number of nitrogens with one attached hydrogen (secondary N) is 1. The minimum absolute atomic E-state index is 0.0112. The topological polar surface area (TPSA) is 38.3 Å². The van der Waals surface area contributed by atoms with Crippen LogP contribution in [0.5, 0.6) is 0 Å². The molecule has 0 spiro atoms. The van der Waals surface area contributed by atoms with Crippen molar-refractivity contribution in [2.24, 2.45) is 0 Å². The Morgan fingerprint density at radius 1 is 1.50 bits per heavy atom. The number of rotatable bonds is 4. The van der Waals surface area contributed by atoms with E-state index in [0.717, 1.165) is 29.9 Å². The van der Waals surface area contributed by atoms with Gasteiger partial charge in [0.2, 0.25) is 0 Å². The number of carbonyl (C=O) groups excluding carboxylic acids is 1. The summed E-state index contributed by atoms with van der Waals surface area (Å²) in [6.07, 6.45) is 4.27. The molecular weight excluding hydrogens is 246 g/mol. The number of benzene rings is 1. The van der Waals surface area contributed by atoms with Gasteiger partial charge in [0.15, 0.2) is 0 Å². The van der Waals surface area contributed by atoms with E-state index in [4.69, 9.17) is 4.74 Å². The summed E-state index contributed by atoms with van der Waals surface area (Å²) in [5.41, 5.74) is 0.745.